The van der Waals surface area contributed by atoms with E-state index in [-0.39, 0.29) is 16.8 Å². The van der Waals surface area contributed by atoms with Crippen LogP contribution in [0, 0.1) is 18.6 Å². The van der Waals surface area contributed by atoms with Gasteiger partial charge in [0.2, 0.25) is 0 Å². The van der Waals surface area contributed by atoms with Crippen LogP contribution in [-0.2, 0) is 9.59 Å². The van der Waals surface area contributed by atoms with Gasteiger partial charge in [0.05, 0.1) is 23.6 Å². The fourth-order valence-electron chi connectivity index (χ4n) is 3.90. The number of Topliss-reactive ketones (excluding diaryl/α,β-unsaturated/α-hetero) is 1. The molecule has 0 aliphatic carbocycles. The summed E-state index contributed by atoms with van der Waals surface area (Å²) in [6.07, 6.45) is 2.27. The third kappa shape index (κ3) is 4.14. The van der Waals surface area contributed by atoms with Gasteiger partial charge >= 0.3 is 0 Å². The predicted octanol–water partition coefficient (Wildman–Crippen LogP) is 5.08. The first-order chi connectivity index (χ1) is 16.3. The number of benzene rings is 2. The Morgan fingerprint density at radius 3 is 2.59 bits per heavy atom. The van der Waals surface area contributed by atoms with E-state index in [0.717, 1.165) is 35.1 Å². The number of aryl methyl sites for hydroxylation is 1. The van der Waals surface area contributed by atoms with Crippen molar-refractivity contribution in [1.29, 1.82) is 0 Å². The number of nitrogens with zero attached hydrogens (tertiary/aromatic N) is 2. The second-order valence-corrected chi connectivity index (χ2v) is 7.85. The van der Waals surface area contributed by atoms with Gasteiger partial charge in [-0.2, -0.15) is 0 Å². The van der Waals surface area contributed by atoms with E-state index < -0.39 is 40.8 Å². The maximum Gasteiger partial charge on any atom is 0.300 e. The minimum atomic E-state index is -1.26. The molecule has 1 aliphatic rings. The topological polar surface area (TPSA) is 79.7 Å². The van der Waals surface area contributed by atoms with E-state index in [9.17, 15) is 23.5 Å². The molecule has 8 heteroatoms. The fourth-order valence-corrected chi connectivity index (χ4v) is 3.90. The van der Waals surface area contributed by atoms with Crippen LogP contribution in [0.2, 0.25) is 0 Å². The molecule has 2 aromatic carbocycles. The number of hydrogen-bond donors (Lipinski definition) is 1. The molecular weight excluding hydrogens is 442 g/mol. The van der Waals surface area contributed by atoms with Crippen molar-refractivity contribution in [2.45, 2.75) is 26.3 Å². The summed E-state index contributed by atoms with van der Waals surface area (Å²) in [5, 5.41) is 11.2. The lowest BCUT2D eigenvalue weighted by atomic mass is 9.97. The summed E-state index contributed by atoms with van der Waals surface area (Å²) in [7, 11) is 0. The van der Waals surface area contributed by atoms with Crippen molar-refractivity contribution in [3.8, 4) is 5.75 Å². The number of aromatic nitrogens is 1. The second-order valence-electron chi connectivity index (χ2n) is 7.85. The van der Waals surface area contributed by atoms with Crippen molar-refractivity contribution >= 4 is 23.1 Å². The van der Waals surface area contributed by atoms with Crippen LogP contribution >= 0.6 is 0 Å². The van der Waals surface area contributed by atoms with Gasteiger partial charge in [-0.25, -0.2) is 8.78 Å². The van der Waals surface area contributed by atoms with Gasteiger partial charge in [-0.3, -0.25) is 19.5 Å². The molecule has 0 spiro atoms. The van der Waals surface area contributed by atoms with Crippen molar-refractivity contribution in [2.75, 3.05) is 11.5 Å². The Hall–Kier alpha value is -4.07. The average Bonchev–Trinajstić information content (AvgIpc) is 3.10. The molecule has 1 fully saturated rings. The summed E-state index contributed by atoms with van der Waals surface area (Å²) in [5.74, 6) is -3.61. The Bertz CT molecular complexity index is 1290. The van der Waals surface area contributed by atoms with Gasteiger partial charge in [-0.05, 0) is 61.4 Å². The highest BCUT2D eigenvalue weighted by Crippen LogP contribution is 2.42. The molecule has 0 radical (unpaired) electrons. The molecule has 1 atom stereocenters. The Morgan fingerprint density at radius 2 is 1.91 bits per heavy atom. The summed E-state index contributed by atoms with van der Waals surface area (Å²) in [6.45, 7) is 4.29. The van der Waals surface area contributed by atoms with Crippen molar-refractivity contribution in [1.82, 2.24) is 4.98 Å². The molecule has 34 heavy (non-hydrogen) atoms. The standard InChI is InChI=1S/C26H22F2N2O4/c1-3-12-34-21-10-7-16(13-15(21)2)24(31)22-23(19-6-4-5-11-29-19)30(26(33)25(22)32)20-14-17(27)8-9-18(20)28/h4-11,13-14,23,31H,3,12H2,1-2H3/b24-22+. The number of ether oxygens (including phenoxy) is 1. The van der Waals surface area contributed by atoms with Crippen molar-refractivity contribution in [3.63, 3.8) is 0 Å². The lowest BCUT2D eigenvalue weighted by Crippen LogP contribution is -2.30. The van der Waals surface area contributed by atoms with Crippen LogP contribution in [-0.4, -0.2) is 28.4 Å². The van der Waals surface area contributed by atoms with Gasteiger partial charge in [-0.15, -0.1) is 0 Å². The van der Waals surface area contributed by atoms with Gasteiger partial charge in [0, 0.05) is 17.8 Å². The number of ketones is 1. The highest BCUT2D eigenvalue weighted by atomic mass is 19.1. The zero-order valence-electron chi connectivity index (χ0n) is 18.6. The number of pyridine rings is 1. The first-order valence-corrected chi connectivity index (χ1v) is 10.7. The summed E-state index contributed by atoms with van der Waals surface area (Å²) in [5.41, 5.74) is 0.522. The molecular formula is C26H22F2N2O4. The minimum Gasteiger partial charge on any atom is -0.507 e. The quantitative estimate of drug-likeness (QED) is 0.313. The van der Waals surface area contributed by atoms with Gasteiger partial charge < -0.3 is 9.84 Å². The Morgan fingerprint density at radius 1 is 1.12 bits per heavy atom. The molecule has 6 nitrogen and oxygen atoms in total. The van der Waals surface area contributed by atoms with Crippen molar-refractivity contribution in [2.24, 2.45) is 0 Å². The Balaban J connectivity index is 1.89. The lowest BCUT2D eigenvalue weighted by Gasteiger charge is -2.25. The first-order valence-electron chi connectivity index (χ1n) is 10.7. The Labute approximate surface area is 195 Å². The molecule has 1 N–H and O–H groups in total. The van der Waals surface area contributed by atoms with Crippen LogP contribution in [0.15, 0.2) is 66.4 Å². The molecule has 174 valence electrons. The van der Waals surface area contributed by atoms with Crippen LogP contribution in [0.25, 0.3) is 5.76 Å². The maximum atomic E-state index is 14.7. The monoisotopic (exact) mass is 464 g/mol. The molecule has 1 amide bonds. The Kier molecular flexibility index (Phi) is 6.40. The minimum absolute atomic E-state index is 0.214. The molecule has 1 aliphatic heterocycles. The summed E-state index contributed by atoms with van der Waals surface area (Å²) in [4.78, 5) is 31.2. The third-order valence-corrected chi connectivity index (χ3v) is 5.49. The van der Waals surface area contributed by atoms with Crippen LogP contribution in [0.5, 0.6) is 5.75 Å². The van der Waals surface area contributed by atoms with E-state index in [2.05, 4.69) is 4.98 Å². The molecule has 3 aromatic rings. The number of halogens is 2. The highest BCUT2D eigenvalue weighted by Gasteiger charge is 2.48. The van der Waals surface area contributed by atoms with Gasteiger partial charge in [0.25, 0.3) is 11.7 Å². The van der Waals surface area contributed by atoms with E-state index >= 15 is 0 Å². The van der Waals surface area contributed by atoms with Gasteiger partial charge in [0.15, 0.2) is 0 Å². The number of carbonyl (C=O) groups is 2. The molecule has 1 aromatic heterocycles. The number of aliphatic hydroxyl groups excluding tert-OH is 1. The zero-order valence-corrected chi connectivity index (χ0v) is 18.6. The molecule has 1 unspecified atom stereocenters. The number of rotatable bonds is 6. The van der Waals surface area contributed by atoms with Crippen LogP contribution < -0.4 is 9.64 Å². The van der Waals surface area contributed by atoms with Crippen LogP contribution in [0.1, 0.15) is 36.2 Å². The highest BCUT2D eigenvalue weighted by molar-refractivity contribution is 6.51. The normalized spacial score (nSPS) is 17.3. The maximum absolute atomic E-state index is 14.7. The molecule has 0 bridgehead atoms. The number of hydrogen-bond acceptors (Lipinski definition) is 5. The van der Waals surface area contributed by atoms with Crippen LogP contribution in [0.3, 0.4) is 0 Å². The van der Waals surface area contributed by atoms with Gasteiger partial charge in [0.1, 0.15) is 29.2 Å². The summed E-state index contributed by atoms with van der Waals surface area (Å²) in [6, 6.07) is 11.0. The SMILES string of the molecule is CCCOc1ccc(/C(O)=C2\C(=O)C(=O)N(c3cc(F)ccc3F)C2c2ccccn2)cc1C. The smallest absolute Gasteiger partial charge is 0.300 e. The number of aliphatic hydroxyl groups is 1. The largest absolute Gasteiger partial charge is 0.507 e. The number of anilines is 1. The molecule has 0 saturated carbocycles. The molecule has 2 heterocycles. The van der Waals surface area contributed by atoms with E-state index in [1.165, 1.54) is 6.20 Å². The van der Waals surface area contributed by atoms with E-state index in [1.54, 1.807) is 43.3 Å². The predicted molar refractivity (Wildman–Crippen MR) is 122 cm³/mol. The van der Waals surface area contributed by atoms with Crippen molar-refractivity contribution < 1.29 is 28.2 Å². The number of amides is 1. The van der Waals surface area contributed by atoms with Gasteiger partial charge in [-0.1, -0.05) is 13.0 Å². The average molecular weight is 464 g/mol. The van der Waals surface area contributed by atoms with E-state index in [1.807, 2.05) is 6.92 Å². The fraction of sp³-hybridized carbons (Fsp3) is 0.192. The van der Waals surface area contributed by atoms with E-state index in [4.69, 9.17) is 4.74 Å². The van der Waals surface area contributed by atoms with Crippen LogP contribution in [0.4, 0.5) is 14.5 Å². The number of carbonyl (C=O) groups excluding carboxylic acids is 2. The second kappa shape index (κ2) is 9.43. The van der Waals surface area contributed by atoms with Crippen molar-refractivity contribution in [3.05, 3.63) is 94.8 Å². The summed E-state index contributed by atoms with van der Waals surface area (Å²) < 4.78 is 34.3. The molecule has 1 saturated heterocycles. The third-order valence-electron chi connectivity index (χ3n) is 5.49. The van der Waals surface area contributed by atoms with E-state index in [0.29, 0.717) is 12.4 Å². The first kappa shape index (κ1) is 23.1. The summed E-state index contributed by atoms with van der Waals surface area (Å²) >= 11 is 0. The zero-order chi connectivity index (χ0) is 24.4. The molecule has 4 rings (SSSR count). The lowest BCUT2D eigenvalue weighted by molar-refractivity contribution is -0.132.